The summed E-state index contributed by atoms with van der Waals surface area (Å²) in [6, 6.07) is 12.7. The van der Waals surface area contributed by atoms with Crippen molar-refractivity contribution in [1.29, 1.82) is 0 Å². The van der Waals surface area contributed by atoms with Gasteiger partial charge in [-0.15, -0.1) is 0 Å². The molecule has 0 N–H and O–H groups in total. The normalized spacial score (nSPS) is 12.9. The molecule has 0 radical (unpaired) electrons. The van der Waals surface area contributed by atoms with Gasteiger partial charge in [0.1, 0.15) is 12.4 Å². The Morgan fingerprint density at radius 3 is 2.70 bits per heavy atom. The lowest BCUT2D eigenvalue weighted by molar-refractivity contribution is -0.132. The summed E-state index contributed by atoms with van der Waals surface area (Å²) in [4.78, 5) is 28.3. The van der Waals surface area contributed by atoms with Crippen molar-refractivity contribution < 1.29 is 14.3 Å². The van der Waals surface area contributed by atoms with Crippen molar-refractivity contribution in [3.8, 4) is 5.75 Å². The number of carbonyl (C=O) groups excluding carboxylic acids is 2. The number of benzene rings is 2. The van der Waals surface area contributed by atoms with E-state index in [4.69, 9.17) is 27.9 Å². The first-order chi connectivity index (χ1) is 13.0. The Kier molecular flexibility index (Phi) is 6.24. The van der Waals surface area contributed by atoms with E-state index in [9.17, 15) is 9.59 Å². The molecule has 3 rings (SSSR count). The monoisotopic (exact) mass is 406 g/mol. The molecule has 142 valence electrons. The maximum absolute atomic E-state index is 12.6. The van der Waals surface area contributed by atoms with Gasteiger partial charge in [0.2, 0.25) is 11.8 Å². The Hall–Kier alpha value is -2.24. The second kappa shape index (κ2) is 8.63. The number of carbonyl (C=O) groups is 2. The average Bonchev–Trinajstić information content (AvgIpc) is 2.68. The maximum Gasteiger partial charge on any atom is 0.227 e. The number of hydrogen-bond acceptors (Lipinski definition) is 3. The number of anilines is 1. The van der Waals surface area contributed by atoms with Gasteiger partial charge in [0.05, 0.1) is 22.3 Å². The molecule has 0 atom stereocenters. The molecule has 0 spiro atoms. The summed E-state index contributed by atoms with van der Waals surface area (Å²) in [5, 5.41) is 0.899. The zero-order valence-corrected chi connectivity index (χ0v) is 16.5. The third-order valence-corrected chi connectivity index (χ3v) is 5.31. The van der Waals surface area contributed by atoms with Crippen LogP contribution in [0.5, 0.6) is 5.75 Å². The van der Waals surface area contributed by atoms with E-state index in [1.54, 1.807) is 29.0 Å². The average molecular weight is 407 g/mol. The zero-order chi connectivity index (χ0) is 19.4. The second-order valence-corrected chi connectivity index (χ2v) is 7.11. The minimum absolute atomic E-state index is 0.0895. The molecule has 27 heavy (non-hydrogen) atoms. The van der Waals surface area contributed by atoms with E-state index < -0.39 is 0 Å². The van der Waals surface area contributed by atoms with Gasteiger partial charge in [-0.2, -0.15) is 0 Å². The van der Waals surface area contributed by atoms with Crippen LogP contribution in [-0.4, -0.2) is 36.9 Å². The summed E-state index contributed by atoms with van der Waals surface area (Å²) < 4.78 is 5.56. The number of hydrogen-bond donors (Lipinski definition) is 0. The second-order valence-electron chi connectivity index (χ2n) is 6.32. The molecule has 0 unspecified atom stereocenters. The van der Waals surface area contributed by atoms with E-state index in [0.717, 1.165) is 11.3 Å². The zero-order valence-electron chi connectivity index (χ0n) is 15.0. The predicted octanol–water partition coefficient (Wildman–Crippen LogP) is 4.16. The molecule has 0 aromatic heterocycles. The van der Waals surface area contributed by atoms with E-state index in [1.807, 2.05) is 30.3 Å². The lowest BCUT2D eigenvalue weighted by Gasteiger charge is -2.29. The van der Waals surface area contributed by atoms with Gasteiger partial charge in [0, 0.05) is 26.4 Å². The number of para-hydroxylation sites is 2. The van der Waals surface area contributed by atoms with E-state index >= 15 is 0 Å². The minimum Gasteiger partial charge on any atom is -0.490 e. The van der Waals surface area contributed by atoms with Gasteiger partial charge in [-0.3, -0.25) is 9.59 Å². The molecule has 0 fully saturated rings. The van der Waals surface area contributed by atoms with Crippen LogP contribution in [0.2, 0.25) is 10.0 Å². The van der Waals surface area contributed by atoms with Crippen LogP contribution in [0.25, 0.3) is 0 Å². The van der Waals surface area contributed by atoms with Crippen LogP contribution in [0.1, 0.15) is 18.4 Å². The first-order valence-electron chi connectivity index (χ1n) is 8.66. The number of amides is 2. The molecule has 0 saturated heterocycles. The van der Waals surface area contributed by atoms with Crippen LogP contribution in [-0.2, 0) is 16.1 Å². The minimum atomic E-state index is -0.124. The highest BCUT2D eigenvalue weighted by atomic mass is 35.5. The molecule has 0 bridgehead atoms. The summed E-state index contributed by atoms with van der Waals surface area (Å²) in [6.07, 6.45) is 0.272. The molecule has 2 aromatic rings. The van der Waals surface area contributed by atoms with Crippen molar-refractivity contribution in [3.63, 3.8) is 0 Å². The van der Waals surface area contributed by atoms with Gasteiger partial charge >= 0.3 is 0 Å². The summed E-state index contributed by atoms with van der Waals surface area (Å²) in [6.45, 7) is 1.27. The smallest absolute Gasteiger partial charge is 0.227 e. The molecule has 0 aliphatic carbocycles. The molecular formula is C20H20Cl2N2O3. The van der Waals surface area contributed by atoms with Crippen LogP contribution in [0.3, 0.4) is 0 Å². The predicted molar refractivity (Wildman–Crippen MR) is 106 cm³/mol. The highest BCUT2D eigenvalue weighted by molar-refractivity contribution is 6.42. The number of rotatable bonds is 5. The van der Waals surface area contributed by atoms with Crippen molar-refractivity contribution in [1.82, 2.24) is 4.90 Å². The van der Waals surface area contributed by atoms with Crippen molar-refractivity contribution in [2.75, 3.05) is 25.1 Å². The highest BCUT2D eigenvalue weighted by Gasteiger charge is 2.24. The van der Waals surface area contributed by atoms with Crippen LogP contribution in [0.15, 0.2) is 42.5 Å². The molecule has 7 heteroatoms. The number of fused-ring (bicyclic) bond motifs is 1. The molecule has 1 heterocycles. The third kappa shape index (κ3) is 4.54. The Labute approximate surface area is 168 Å². The van der Waals surface area contributed by atoms with Crippen molar-refractivity contribution in [2.45, 2.75) is 19.4 Å². The molecule has 2 aromatic carbocycles. The number of nitrogens with zero attached hydrogens (tertiary/aromatic N) is 2. The van der Waals surface area contributed by atoms with Crippen LogP contribution in [0, 0.1) is 0 Å². The van der Waals surface area contributed by atoms with Gasteiger partial charge in [-0.1, -0.05) is 47.5 Å². The fraction of sp³-hybridized carbons (Fsp3) is 0.300. The molecule has 0 saturated carbocycles. The molecule has 5 nitrogen and oxygen atoms in total. The van der Waals surface area contributed by atoms with Crippen LogP contribution in [0.4, 0.5) is 5.69 Å². The standard InChI is InChI=1S/C20H20Cl2N2O3/c1-23(13-14-5-4-6-15(21)20(14)22)18(25)9-10-19(26)24-11-12-27-17-8-3-2-7-16(17)24/h2-8H,9-13H2,1H3. The largest absolute Gasteiger partial charge is 0.490 e. The fourth-order valence-electron chi connectivity index (χ4n) is 2.98. The number of ether oxygens (including phenoxy) is 1. The maximum atomic E-state index is 12.6. The van der Waals surface area contributed by atoms with Crippen molar-refractivity contribution >= 4 is 40.7 Å². The first kappa shape index (κ1) is 19.5. The quantitative estimate of drug-likeness (QED) is 0.748. The summed E-state index contributed by atoms with van der Waals surface area (Å²) in [5.41, 5.74) is 1.52. The molecular weight excluding hydrogens is 387 g/mol. The summed E-state index contributed by atoms with van der Waals surface area (Å²) in [5.74, 6) is 0.477. The van der Waals surface area contributed by atoms with Crippen molar-refractivity contribution in [3.05, 3.63) is 58.1 Å². The SMILES string of the molecule is CN(Cc1cccc(Cl)c1Cl)C(=O)CCC(=O)N1CCOc2ccccc21. The topological polar surface area (TPSA) is 49.9 Å². The van der Waals surface area contributed by atoms with E-state index in [1.165, 1.54) is 0 Å². The summed E-state index contributed by atoms with van der Waals surface area (Å²) in [7, 11) is 1.69. The van der Waals surface area contributed by atoms with Gasteiger partial charge in [0.15, 0.2) is 0 Å². The van der Waals surface area contributed by atoms with E-state index in [2.05, 4.69) is 0 Å². The van der Waals surface area contributed by atoms with Crippen LogP contribution >= 0.6 is 23.2 Å². The highest BCUT2D eigenvalue weighted by Crippen LogP contribution is 2.31. The Morgan fingerprint density at radius 1 is 1.11 bits per heavy atom. The third-order valence-electron chi connectivity index (χ3n) is 4.45. The number of halogens is 2. The van der Waals surface area contributed by atoms with Gasteiger partial charge in [-0.05, 0) is 23.8 Å². The summed E-state index contributed by atoms with van der Waals surface area (Å²) >= 11 is 12.2. The van der Waals surface area contributed by atoms with Gasteiger partial charge in [0.25, 0.3) is 0 Å². The Morgan fingerprint density at radius 2 is 1.89 bits per heavy atom. The first-order valence-corrected chi connectivity index (χ1v) is 9.42. The lowest BCUT2D eigenvalue weighted by Crippen LogP contribution is -2.38. The lowest BCUT2D eigenvalue weighted by atomic mass is 10.1. The molecule has 2 amide bonds. The Bertz CT molecular complexity index is 857. The van der Waals surface area contributed by atoms with E-state index in [0.29, 0.717) is 35.5 Å². The molecule has 1 aliphatic heterocycles. The van der Waals surface area contributed by atoms with Crippen molar-refractivity contribution in [2.24, 2.45) is 0 Å². The van der Waals surface area contributed by atoms with E-state index in [-0.39, 0.29) is 24.7 Å². The fourth-order valence-corrected chi connectivity index (χ4v) is 3.36. The van der Waals surface area contributed by atoms with Crippen LogP contribution < -0.4 is 9.64 Å². The van der Waals surface area contributed by atoms with Gasteiger partial charge in [-0.25, -0.2) is 0 Å². The van der Waals surface area contributed by atoms with Gasteiger partial charge < -0.3 is 14.5 Å². The Balaban J connectivity index is 1.57. The molecule has 1 aliphatic rings.